The van der Waals surface area contributed by atoms with Gasteiger partial charge in [0.2, 0.25) is 0 Å². The second-order valence-electron chi connectivity index (χ2n) is 2.81. The molecular formula is C10H15O4P. The van der Waals surface area contributed by atoms with E-state index in [4.69, 9.17) is 14.2 Å². The third-order valence-corrected chi connectivity index (χ3v) is 3.78. The van der Waals surface area contributed by atoms with Crippen LogP contribution in [0.25, 0.3) is 0 Å². The molecule has 0 saturated carbocycles. The smallest absolute Gasteiger partial charge is 0.361 e. The van der Waals surface area contributed by atoms with Crippen LogP contribution in [-0.2, 0) is 13.6 Å². The van der Waals surface area contributed by atoms with Gasteiger partial charge in [0.25, 0.3) is 0 Å². The summed E-state index contributed by atoms with van der Waals surface area (Å²) >= 11 is 0. The molecule has 1 rings (SSSR count). The molecule has 0 bridgehead atoms. The molecule has 0 aliphatic carbocycles. The Morgan fingerprint density at radius 3 is 2.47 bits per heavy atom. The largest absolute Gasteiger partial charge is 0.394 e. The standard InChI is InChI=1S/C10H15O4P/c1-2-13-15(12,14-9-8-11)10-6-4-3-5-7-10/h3-7,11H,2,8-9H2,1H3. The van der Waals surface area contributed by atoms with E-state index in [2.05, 4.69) is 0 Å². The molecule has 0 fully saturated rings. The van der Waals surface area contributed by atoms with Gasteiger partial charge in [-0.25, -0.2) is 0 Å². The molecule has 1 aromatic carbocycles. The maximum absolute atomic E-state index is 12.2. The molecule has 1 unspecified atom stereocenters. The van der Waals surface area contributed by atoms with E-state index >= 15 is 0 Å². The van der Waals surface area contributed by atoms with E-state index in [1.165, 1.54) is 0 Å². The Balaban J connectivity index is 2.86. The van der Waals surface area contributed by atoms with E-state index in [1.54, 1.807) is 31.2 Å². The van der Waals surface area contributed by atoms with Crippen molar-refractivity contribution in [2.24, 2.45) is 0 Å². The van der Waals surface area contributed by atoms with Crippen LogP contribution in [0.1, 0.15) is 6.92 Å². The third kappa shape index (κ3) is 3.43. The van der Waals surface area contributed by atoms with E-state index in [0.29, 0.717) is 11.9 Å². The zero-order valence-corrected chi connectivity index (χ0v) is 9.52. The van der Waals surface area contributed by atoms with Gasteiger partial charge in [-0.2, -0.15) is 0 Å². The first-order chi connectivity index (χ1) is 7.23. The van der Waals surface area contributed by atoms with Crippen LogP contribution in [-0.4, -0.2) is 24.9 Å². The zero-order chi connectivity index (χ0) is 11.1. The van der Waals surface area contributed by atoms with Crippen molar-refractivity contribution in [1.29, 1.82) is 0 Å². The van der Waals surface area contributed by atoms with Crippen LogP contribution in [0.15, 0.2) is 30.3 Å². The van der Waals surface area contributed by atoms with Crippen LogP contribution in [0.2, 0.25) is 0 Å². The highest BCUT2D eigenvalue weighted by molar-refractivity contribution is 7.62. The predicted octanol–water partition coefficient (Wildman–Crippen LogP) is 1.55. The number of aliphatic hydroxyl groups is 1. The highest BCUT2D eigenvalue weighted by atomic mass is 31.2. The molecule has 0 aliphatic rings. The summed E-state index contributed by atoms with van der Waals surface area (Å²) in [6, 6.07) is 8.74. The summed E-state index contributed by atoms with van der Waals surface area (Å²) in [6.45, 7) is 1.88. The normalized spacial score (nSPS) is 14.8. The van der Waals surface area contributed by atoms with Crippen molar-refractivity contribution in [3.05, 3.63) is 30.3 Å². The Bertz CT molecular complexity index is 325. The zero-order valence-electron chi connectivity index (χ0n) is 8.63. The Hall–Kier alpha value is -0.670. The van der Waals surface area contributed by atoms with Crippen LogP contribution >= 0.6 is 7.60 Å². The van der Waals surface area contributed by atoms with Gasteiger partial charge in [-0.15, -0.1) is 0 Å². The molecular weight excluding hydrogens is 215 g/mol. The molecule has 0 radical (unpaired) electrons. The maximum atomic E-state index is 12.2. The number of hydrogen-bond acceptors (Lipinski definition) is 4. The molecule has 0 spiro atoms. The first-order valence-electron chi connectivity index (χ1n) is 4.78. The van der Waals surface area contributed by atoms with Gasteiger partial charge in [-0.05, 0) is 19.1 Å². The number of benzene rings is 1. The number of aliphatic hydroxyl groups excluding tert-OH is 1. The predicted molar refractivity (Wildman–Crippen MR) is 58.3 cm³/mol. The monoisotopic (exact) mass is 230 g/mol. The summed E-state index contributed by atoms with van der Waals surface area (Å²) in [4.78, 5) is 0. The van der Waals surface area contributed by atoms with Crippen molar-refractivity contribution >= 4 is 12.9 Å². The lowest BCUT2D eigenvalue weighted by molar-refractivity contribution is 0.170. The Kier molecular flexibility index (Phi) is 4.99. The average Bonchev–Trinajstić information content (AvgIpc) is 2.28. The van der Waals surface area contributed by atoms with Crippen molar-refractivity contribution < 1.29 is 18.7 Å². The van der Waals surface area contributed by atoms with Crippen molar-refractivity contribution in [2.45, 2.75) is 6.92 Å². The SMILES string of the molecule is CCOP(=O)(OCCO)c1ccccc1. The van der Waals surface area contributed by atoms with Crippen molar-refractivity contribution in [2.75, 3.05) is 19.8 Å². The summed E-state index contributed by atoms with van der Waals surface area (Å²) in [5.74, 6) is 0. The van der Waals surface area contributed by atoms with Crippen LogP contribution in [0.4, 0.5) is 0 Å². The van der Waals surface area contributed by atoms with Gasteiger partial charge >= 0.3 is 7.60 Å². The van der Waals surface area contributed by atoms with Crippen LogP contribution in [0.5, 0.6) is 0 Å². The highest BCUT2D eigenvalue weighted by Crippen LogP contribution is 2.46. The van der Waals surface area contributed by atoms with Gasteiger partial charge in [0, 0.05) is 0 Å². The van der Waals surface area contributed by atoms with Crippen LogP contribution in [0, 0.1) is 0 Å². The van der Waals surface area contributed by atoms with Crippen molar-refractivity contribution in [3.8, 4) is 0 Å². The van der Waals surface area contributed by atoms with Crippen LogP contribution < -0.4 is 5.30 Å². The first-order valence-corrected chi connectivity index (χ1v) is 6.33. The van der Waals surface area contributed by atoms with Gasteiger partial charge in [-0.3, -0.25) is 4.57 Å². The lowest BCUT2D eigenvalue weighted by Crippen LogP contribution is -2.11. The van der Waals surface area contributed by atoms with Gasteiger partial charge in [0.15, 0.2) is 0 Å². The fourth-order valence-corrected chi connectivity index (χ4v) is 2.70. The molecule has 0 aromatic heterocycles. The summed E-state index contributed by atoms with van der Waals surface area (Å²) in [5, 5.41) is 9.16. The summed E-state index contributed by atoms with van der Waals surface area (Å²) in [6.07, 6.45) is 0. The van der Waals surface area contributed by atoms with Gasteiger partial charge < -0.3 is 14.2 Å². The maximum Gasteiger partial charge on any atom is 0.361 e. The van der Waals surface area contributed by atoms with E-state index in [-0.39, 0.29) is 13.2 Å². The highest BCUT2D eigenvalue weighted by Gasteiger charge is 2.26. The molecule has 0 aliphatic heterocycles. The lowest BCUT2D eigenvalue weighted by atomic mass is 10.4. The third-order valence-electron chi connectivity index (χ3n) is 1.72. The first kappa shape index (κ1) is 12.4. The topological polar surface area (TPSA) is 55.8 Å². The molecule has 15 heavy (non-hydrogen) atoms. The van der Waals surface area contributed by atoms with E-state index in [1.807, 2.05) is 6.07 Å². The Labute approximate surface area is 89.4 Å². The minimum absolute atomic E-state index is 0.00612. The van der Waals surface area contributed by atoms with Crippen molar-refractivity contribution in [1.82, 2.24) is 0 Å². The molecule has 4 nitrogen and oxygen atoms in total. The van der Waals surface area contributed by atoms with Crippen molar-refractivity contribution in [3.63, 3.8) is 0 Å². The van der Waals surface area contributed by atoms with Gasteiger partial charge in [0.1, 0.15) is 0 Å². The van der Waals surface area contributed by atoms with Gasteiger partial charge in [0.05, 0.1) is 25.1 Å². The molecule has 5 heteroatoms. The van der Waals surface area contributed by atoms with E-state index < -0.39 is 7.60 Å². The van der Waals surface area contributed by atoms with E-state index in [9.17, 15) is 4.57 Å². The molecule has 1 aromatic rings. The molecule has 1 N–H and O–H groups in total. The minimum Gasteiger partial charge on any atom is -0.394 e. The average molecular weight is 230 g/mol. The molecule has 0 saturated heterocycles. The minimum atomic E-state index is -3.25. The van der Waals surface area contributed by atoms with Gasteiger partial charge in [-0.1, -0.05) is 18.2 Å². The lowest BCUT2D eigenvalue weighted by Gasteiger charge is -2.17. The molecule has 1 atom stereocenters. The fraction of sp³-hybridized carbons (Fsp3) is 0.400. The molecule has 0 heterocycles. The summed E-state index contributed by atoms with van der Waals surface area (Å²) < 4.78 is 22.4. The number of rotatable bonds is 6. The second-order valence-corrected chi connectivity index (χ2v) is 4.84. The summed E-state index contributed by atoms with van der Waals surface area (Å²) in [5.41, 5.74) is 0. The summed E-state index contributed by atoms with van der Waals surface area (Å²) in [7, 11) is -3.25. The second kappa shape index (κ2) is 6.03. The van der Waals surface area contributed by atoms with Crippen LogP contribution in [0.3, 0.4) is 0 Å². The number of hydrogen-bond donors (Lipinski definition) is 1. The Morgan fingerprint density at radius 2 is 1.93 bits per heavy atom. The fourth-order valence-electron chi connectivity index (χ4n) is 1.13. The molecule has 0 amide bonds. The molecule has 84 valence electrons. The quantitative estimate of drug-likeness (QED) is 0.753. The Morgan fingerprint density at radius 1 is 1.27 bits per heavy atom. The van der Waals surface area contributed by atoms with E-state index in [0.717, 1.165) is 0 Å².